The third kappa shape index (κ3) is 1.68. The Morgan fingerprint density at radius 1 is 1.70 bits per heavy atom. The van der Waals surface area contributed by atoms with Crippen LogP contribution in [0.1, 0.15) is 6.42 Å². The highest BCUT2D eigenvalue weighted by atomic mass is 16.5. The Hall–Kier alpha value is -0.120. The molecular formula is C7H16N2O. The van der Waals surface area contributed by atoms with Crippen molar-refractivity contribution in [1.82, 2.24) is 4.90 Å². The van der Waals surface area contributed by atoms with E-state index in [0.29, 0.717) is 5.92 Å². The van der Waals surface area contributed by atoms with E-state index in [0.717, 1.165) is 13.1 Å². The molecular weight excluding hydrogens is 128 g/mol. The summed E-state index contributed by atoms with van der Waals surface area (Å²) < 4.78 is 5.03. The normalized spacial score (nSPS) is 30.9. The monoisotopic (exact) mass is 144 g/mol. The van der Waals surface area contributed by atoms with Crippen molar-refractivity contribution in [2.24, 2.45) is 11.7 Å². The summed E-state index contributed by atoms with van der Waals surface area (Å²) in [6, 6.07) is 0. The molecule has 1 fully saturated rings. The zero-order chi connectivity index (χ0) is 7.56. The van der Waals surface area contributed by atoms with Crippen molar-refractivity contribution in [3.8, 4) is 0 Å². The first-order valence-corrected chi connectivity index (χ1v) is 3.71. The van der Waals surface area contributed by atoms with Gasteiger partial charge in [-0.2, -0.15) is 0 Å². The Morgan fingerprint density at radius 2 is 2.40 bits per heavy atom. The number of ether oxygens (including phenoxy) is 1. The molecule has 1 rings (SSSR count). The van der Waals surface area contributed by atoms with Crippen LogP contribution in [0.5, 0.6) is 0 Å². The highest BCUT2D eigenvalue weighted by molar-refractivity contribution is 4.76. The van der Waals surface area contributed by atoms with Gasteiger partial charge in [0.15, 0.2) is 0 Å². The summed E-state index contributed by atoms with van der Waals surface area (Å²) >= 11 is 0. The van der Waals surface area contributed by atoms with Gasteiger partial charge >= 0.3 is 0 Å². The molecule has 2 atom stereocenters. The zero-order valence-electron chi connectivity index (χ0n) is 6.71. The van der Waals surface area contributed by atoms with Gasteiger partial charge in [0.25, 0.3) is 0 Å². The molecule has 0 aromatic heterocycles. The van der Waals surface area contributed by atoms with E-state index in [1.807, 2.05) is 0 Å². The molecule has 60 valence electrons. The van der Waals surface area contributed by atoms with Gasteiger partial charge in [0.1, 0.15) is 6.23 Å². The van der Waals surface area contributed by atoms with Crippen molar-refractivity contribution >= 4 is 0 Å². The lowest BCUT2D eigenvalue weighted by molar-refractivity contribution is 0.0610. The van der Waals surface area contributed by atoms with Gasteiger partial charge in [0.2, 0.25) is 0 Å². The molecule has 0 aliphatic carbocycles. The highest BCUT2D eigenvalue weighted by Gasteiger charge is 2.24. The van der Waals surface area contributed by atoms with Crippen molar-refractivity contribution in [1.29, 1.82) is 0 Å². The third-order valence-corrected chi connectivity index (χ3v) is 2.16. The fourth-order valence-electron chi connectivity index (χ4n) is 1.43. The average Bonchev–Trinajstić information content (AvgIpc) is 2.34. The molecule has 1 aliphatic heterocycles. The van der Waals surface area contributed by atoms with Crippen LogP contribution in [-0.2, 0) is 4.74 Å². The van der Waals surface area contributed by atoms with E-state index in [-0.39, 0.29) is 6.23 Å². The predicted molar refractivity (Wildman–Crippen MR) is 40.6 cm³/mol. The lowest BCUT2D eigenvalue weighted by Crippen LogP contribution is -2.33. The summed E-state index contributed by atoms with van der Waals surface area (Å²) in [5.41, 5.74) is 5.69. The zero-order valence-corrected chi connectivity index (χ0v) is 6.71. The van der Waals surface area contributed by atoms with Crippen molar-refractivity contribution in [3.63, 3.8) is 0 Å². The molecule has 0 spiro atoms. The molecule has 0 amide bonds. The molecule has 0 bridgehead atoms. The number of methoxy groups -OCH3 is 1. The Kier molecular flexibility index (Phi) is 2.65. The fourth-order valence-corrected chi connectivity index (χ4v) is 1.43. The summed E-state index contributed by atoms with van der Waals surface area (Å²) in [7, 11) is 3.78. The van der Waals surface area contributed by atoms with E-state index in [9.17, 15) is 0 Å². The molecule has 1 heterocycles. The van der Waals surface area contributed by atoms with E-state index < -0.39 is 0 Å². The summed E-state index contributed by atoms with van der Waals surface area (Å²) in [4.78, 5) is 2.28. The SMILES string of the molecule is COC(N)C1CCN(C)C1. The second-order valence-corrected chi connectivity index (χ2v) is 3.01. The predicted octanol–water partition coefficient (Wildman–Crippen LogP) is -0.131. The van der Waals surface area contributed by atoms with Crippen molar-refractivity contribution in [3.05, 3.63) is 0 Å². The van der Waals surface area contributed by atoms with E-state index >= 15 is 0 Å². The summed E-state index contributed by atoms with van der Waals surface area (Å²) in [5, 5.41) is 0. The van der Waals surface area contributed by atoms with Gasteiger partial charge in [0, 0.05) is 19.6 Å². The van der Waals surface area contributed by atoms with Gasteiger partial charge in [0.05, 0.1) is 0 Å². The standard InChI is InChI=1S/C7H16N2O/c1-9-4-3-6(5-9)7(8)10-2/h6-7H,3-5,8H2,1-2H3. The van der Waals surface area contributed by atoms with E-state index in [2.05, 4.69) is 11.9 Å². The molecule has 0 aromatic rings. The van der Waals surface area contributed by atoms with Gasteiger partial charge in [-0.05, 0) is 20.0 Å². The minimum Gasteiger partial charge on any atom is -0.366 e. The largest absolute Gasteiger partial charge is 0.366 e. The second-order valence-electron chi connectivity index (χ2n) is 3.01. The van der Waals surface area contributed by atoms with Gasteiger partial charge in [-0.25, -0.2) is 0 Å². The van der Waals surface area contributed by atoms with E-state index in [1.165, 1.54) is 6.42 Å². The number of nitrogens with zero attached hydrogens (tertiary/aromatic N) is 1. The summed E-state index contributed by atoms with van der Waals surface area (Å²) in [6.45, 7) is 2.23. The Morgan fingerprint density at radius 3 is 2.80 bits per heavy atom. The van der Waals surface area contributed by atoms with Gasteiger partial charge < -0.3 is 15.4 Å². The third-order valence-electron chi connectivity index (χ3n) is 2.16. The maximum atomic E-state index is 5.69. The van der Waals surface area contributed by atoms with E-state index in [1.54, 1.807) is 7.11 Å². The molecule has 0 radical (unpaired) electrons. The molecule has 2 N–H and O–H groups in total. The number of hydrogen-bond acceptors (Lipinski definition) is 3. The number of likely N-dealkylation sites (tertiary alicyclic amines) is 1. The summed E-state index contributed by atoms with van der Waals surface area (Å²) in [6.07, 6.45) is 1.11. The van der Waals surface area contributed by atoms with Gasteiger partial charge in [-0.15, -0.1) is 0 Å². The van der Waals surface area contributed by atoms with Gasteiger partial charge in [-0.1, -0.05) is 0 Å². The molecule has 3 nitrogen and oxygen atoms in total. The van der Waals surface area contributed by atoms with Crippen LogP contribution in [0.3, 0.4) is 0 Å². The van der Waals surface area contributed by atoms with Gasteiger partial charge in [-0.3, -0.25) is 0 Å². The smallest absolute Gasteiger partial charge is 0.109 e. The lowest BCUT2D eigenvalue weighted by Gasteiger charge is -2.16. The highest BCUT2D eigenvalue weighted by Crippen LogP contribution is 2.16. The van der Waals surface area contributed by atoms with E-state index in [4.69, 9.17) is 10.5 Å². The lowest BCUT2D eigenvalue weighted by atomic mass is 10.1. The topological polar surface area (TPSA) is 38.5 Å². The van der Waals surface area contributed by atoms with Crippen molar-refractivity contribution < 1.29 is 4.74 Å². The van der Waals surface area contributed by atoms with Crippen LogP contribution in [0.2, 0.25) is 0 Å². The number of rotatable bonds is 2. The first-order chi connectivity index (χ1) is 4.74. The van der Waals surface area contributed by atoms with Crippen molar-refractivity contribution in [2.75, 3.05) is 27.2 Å². The first kappa shape index (κ1) is 7.98. The minimum absolute atomic E-state index is 0.0649. The van der Waals surface area contributed by atoms with Crippen LogP contribution < -0.4 is 5.73 Å². The maximum Gasteiger partial charge on any atom is 0.109 e. The Bertz CT molecular complexity index is 108. The average molecular weight is 144 g/mol. The minimum atomic E-state index is -0.0649. The molecule has 0 aromatic carbocycles. The van der Waals surface area contributed by atoms with Crippen LogP contribution in [-0.4, -0.2) is 38.4 Å². The fraction of sp³-hybridized carbons (Fsp3) is 1.00. The molecule has 1 aliphatic rings. The number of nitrogens with two attached hydrogens (primary N) is 1. The molecule has 2 unspecified atom stereocenters. The van der Waals surface area contributed by atoms with Crippen LogP contribution in [0, 0.1) is 5.92 Å². The Balaban J connectivity index is 2.29. The molecule has 10 heavy (non-hydrogen) atoms. The quantitative estimate of drug-likeness (QED) is 0.549. The number of hydrogen-bond donors (Lipinski definition) is 1. The second kappa shape index (κ2) is 3.32. The van der Waals surface area contributed by atoms with Crippen LogP contribution in [0.15, 0.2) is 0 Å². The van der Waals surface area contributed by atoms with Crippen LogP contribution in [0.4, 0.5) is 0 Å². The first-order valence-electron chi connectivity index (χ1n) is 3.71. The van der Waals surface area contributed by atoms with Crippen LogP contribution >= 0.6 is 0 Å². The summed E-state index contributed by atoms with van der Waals surface area (Å²) in [5.74, 6) is 0.537. The maximum absolute atomic E-state index is 5.69. The Labute approximate surface area is 62.1 Å². The van der Waals surface area contributed by atoms with Crippen LogP contribution in [0.25, 0.3) is 0 Å². The molecule has 1 saturated heterocycles. The van der Waals surface area contributed by atoms with Crippen molar-refractivity contribution in [2.45, 2.75) is 12.6 Å². The molecule has 0 saturated carbocycles. The molecule has 3 heteroatoms.